The van der Waals surface area contributed by atoms with E-state index in [0.717, 1.165) is 12.1 Å². The number of benzene rings is 2. The molecule has 0 fully saturated rings. The van der Waals surface area contributed by atoms with Crippen molar-refractivity contribution in [2.24, 2.45) is 0 Å². The molecule has 0 aliphatic heterocycles. The first kappa shape index (κ1) is 11.6. The smallest absolute Gasteiger partial charge is 0.226 e. The fourth-order valence-corrected chi connectivity index (χ4v) is 1.83. The monoisotopic (exact) mass is 227 g/mol. The Morgan fingerprint density at radius 1 is 1.12 bits per heavy atom. The number of rotatable bonds is 3. The maximum Gasteiger partial charge on any atom is 0.226 e. The molecule has 0 saturated heterocycles. The van der Waals surface area contributed by atoms with E-state index in [1.54, 1.807) is 4.90 Å². The number of fused-ring (bicyclic) bond motifs is 1. The van der Waals surface area contributed by atoms with Gasteiger partial charge in [0.2, 0.25) is 5.91 Å². The lowest BCUT2D eigenvalue weighted by atomic mass is 10.0. The fourth-order valence-electron chi connectivity index (χ4n) is 1.83. The Labute approximate surface area is 102 Å². The van der Waals surface area contributed by atoms with Crippen molar-refractivity contribution in [1.29, 1.82) is 0 Å². The average Bonchev–Trinajstić information content (AvgIpc) is 2.37. The number of hydrogen-bond acceptors (Lipinski definition) is 1. The Kier molecular flexibility index (Phi) is 3.43. The highest BCUT2D eigenvalue weighted by atomic mass is 16.2. The van der Waals surface area contributed by atoms with Crippen LogP contribution in [0.2, 0.25) is 0 Å². The van der Waals surface area contributed by atoms with E-state index in [1.807, 2.05) is 32.2 Å². The van der Waals surface area contributed by atoms with Crippen molar-refractivity contribution in [1.82, 2.24) is 4.90 Å². The standard InChI is InChI=1S/C15H17NO/c1-3-16(2)15(17)11-12-8-9-13-6-4-5-7-14(13)10-12/h4-10H,3,11H2,1-2H3. The van der Waals surface area contributed by atoms with Gasteiger partial charge in [0.05, 0.1) is 6.42 Å². The van der Waals surface area contributed by atoms with Crippen molar-refractivity contribution in [2.75, 3.05) is 13.6 Å². The zero-order chi connectivity index (χ0) is 12.3. The van der Waals surface area contributed by atoms with Crippen LogP contribution in [0.25, 0.3) is 10.8 Å². The molecule has 2 rings (SSSR count). The second kappa shape index (κ2) is 5.00. The van der Waals surface area contributed by atoms with Crippen molar-refractivity contribution < 1.29 is 4.79 Å². The van der Waals surface area contributed by atoms with E-state index in [1.165, 1.54) is 10.8 Å². The second-order valence-corrected chi connectivity index (χ2v) is 4.27. The fraction of sp³-hybridized carbons (Fsp3) is 0.267. The minimum Gasteiger partial charge on any atom is -0.346 e. The minimum absolute atomic E-state index is 0.169. The summed E-state index contributed by atoms with van der Waals surface area (Å²) >= 11 is 0. The summed E-state index contributed by atoms with van der Waals surface area (Å²) in [4.78, 5) is 13.6. The molecule has 2 aromatic rings. The maximum atomic E-state index is 11.8. The Hall–Kier alpha value is -1.83. The normalized spacial score (nSPS) is 10.5. The van der Waals surface area contributed by atoms with Gasteiger partial charge in [-0.3, -0.25) is 4.79 Å². The quantitative estimate of drug-likeness (QED) is 0.789. The van der Waals surface area contributed by atoms with Crippen LogP contribution < -0.4 is 0 Å². The van der Waals surface area contributed by atoms with Crippen molar-refractivity contribution in [3.05, 3.63) is 48.0 Å². The highest BCUT2D eigenvalue weighted by molar-refractivity contribution is 5.85. The second-order valence-electron chi connectivity index (χ2n) is 4.27. The molecule has 0 aliphatic carbocycles. The Morgan fingerprint density at radius 3 is 2.53 bits per heavy atom. The number of nitrogens with zero attached hydrogens (tertiary/aromatic N) is 1. The van der Waals surface area contributed by atoms with Crippen LogP contribution in [0.1, 0.15) is 12.5 Å². The summed E-state index contributed by atoms with van der Waals surface area (Å²) in [6, 6.07) is 14.4. The van der Waals surface area contributed by atoms with Crippen LogP contribution in [0.4, 0.5) is 0 Å². The molecule has 0 bridgehead atoms. The molecule has 0 unspecified atom stereocenters. The first-order chi connectivity index (χ1) is 8.20. The molecule has 0 atom stereocenters. The average molecular weight is 227 g/mol. The van der Waals surface area contributed by atoms with Crippen LogP contribution in [-0.2, 0) is 11.2 Å². The Bertz CT molecular complexity index is 533. The van der Waals surface area contributed by atoms with Gasteiger partial charge in [0, 0.05) is 13.6 Å². The molecule has 2 aromatic carbocycles. The third-order valence-electron chi connectivity index (χ3n) is 3.07. The summed E-state index contributed by atoms with van der Waals surface area (Å²) in [6.07, 6.45) is 0.481. The van der Waals surface area contributed by atoms with Gasteiger partial charge in [-0.25, -0.2) is 0 Å². The van der Waals surface area contributed by atoms with Crippen LogP contribution in [-0.4, -0.2) is 24.4 Å². The molecule has 0 spiro atoms. The van der Waals surface area contributed by atoms with Gasteiger partial charge in [-0.1, -0.05) is 42.5 Å². The zero-order valence-electron chi connectivity index (χ0n) is 10.3. The number of carbonyl (C=O) groups is 1. The number of likely N-dealkylation sites (N-methyl/N-ethyl adjacent to an activating group) is 1. The molecule has 0 radical (unpaired) electrons. The molecular weight excluding hydrogens is 210 g/mol. The zero-order valence-corrected chi connectivity index (χ0v) is 10.3. The third kappa shape index (κ3) is 2.64. The maximum absolute atomic E-state index is 11.8. The first-order valence-corrected chi connectivity index (χ1v) is 5.92. The van der Waals surface area contributed by atoms with Crippen LogP contribution in [0.5, 0.6) is 0 Å². The SMILES string of the molecule is CCN(C)C(=O)Cc1ccc2ccccc2c1. The highest BCUT2D eigenvalue weighted by Crippen LogP contribution is 2.16. The van der Waals surface area contributed by atoms with Crippen LogP contribution in [0.3, 0.4) is 0 Å². The lowest BCUT2D eigenvalue weighted by molar-refractivity contribution is -0.128. The van der Waals surface area contributed by atoms with Gasteiger partial charge < -0.3 is 4.90 Å². The molecule has 0 aliphatic rings. The van der Waals surface area contributed by atoms with E-state index in [9.17, 15) is 4.79 Å². The van der Waals surface area contributed by atoms with Gasteiger partial charge in [-0.05, 0) is 23.3 Å². The minimum atomic E-state index is 0.169. The van der Waals surface area contributed by atoms with Gasteiger partial charge in [0.1, 0.15) is 0 Å². The Balaban J connectivity index is 2.22. The van der Waals surface area contributed by atoms with Crippen molar-refractivity contribution in [2.45, 2.75) is 13.3 Å². The van der Waals surface area contributed by atoms with E-state index in [2.05, 4.69) is 24.3 Å². The van der Waals surface area contributed by atoms with Gasteiger partial charge in [-0.2, -0.15) is 0 Å². The largest absolute Gasteiger partial charge is 0.346 e. The van der Waals surface area contributed by atoms with E-state index in [0.29, 0.717) is 6.42 Å². The topological polar surface area (TPSA) is 20.3 Å². The lowest BCUT2D eigenvalue weighted by Crippen LogP contribution is -2.27. The molecule has 1 amide bonds. The van der Waals surface area contributed by atoms with Crippen LogP contribution in [0, 0.1) is 0 Å². The molecule has 17 heavy (non-hydrogen) atoms. The number of carbonyl (C=O) groups excluding carboxylic acids is 1. The molecule has 0 N–H and O–H groups in total. The van der Waals surface area contributed by atoms with E-state index >= 15 is 0 Å². The van der Waals surface area contributed by atoms with E-state index in [-0.39, 0.29) is 5.91 Å². The third-order valence-corrected chi connectivity index (χ3v) is 3.07. The summed E-state index contributed by atoms with van der Waals surface area (Å²) < 4.78 is 0. The van der Waals surface area contributed by atoms with E-state index < -0.39 is 0 Å². The first-order valence-electron chi connectivity index (χ1n) is 5.92. The summed E-state index contributed by atoms with van der Waals surface area (Å²) in [5.41, 5.74) is 1.08. The van der Waals surface area contributed by atoms with Crippen molar-refractivity contribution in [3.8, 4) is 0 Å². The van der Waals surface area contributed by atoms with Crippen LogP contribution >= 0.6 is 0 Å². The van der Waals surface area contributed by atoms with E-state index in [4.69, 9.17) is 0 Å². The van der Waals surface area contributed by atoms with Gasteiger partial charge in [-0.15, -0.1) is 0 Å². The number of amides is 1. The van der Waals surface area contributed by atoms with Crippen molar-refractivity contribution >= 4 is 16.7 Å². The van der Waals surface area contributed by atoms with Gasteiger partial charge in [0.15, 0.2) is 0 Å². The summed E-state index contributed by atoms with van der Waals surface area (Å²) in [6.45, 7) is 2.74. The van der Waals surface area contributed by atoms with Crippen molar-refractivity contribution in [3.63, 3.8) is 0 Å². The highest BCUT2D eigenvalue weighted by Gasteiger charge is 2.07. The molecule has 2 nitrogen and oxygen atoms in total. The molecule has 0 saturated carbocycles. The molecule has 88 valence electrons. The molecular formula is C15H17NO. The van der Waals surface area contributed by atoms with Gasteiger partial charge in [0.25, 0.3) is 0 Å². The number of hydrogen-bond donors (Lipinski definition) is 0. The summed E-state index contributed by atoms with van der Waals surface area (Å²) in [5, 5.41) is 2.41. The molecule has 0 heterocycles. The predicted octanol–water partition coefficient (Wildman–Crippen LogP) is 2.86. The Morgan fingerprint density at radius 2 is 1.82 bits per heavy atom. The summed E-state index contributed by atoms with van der Waals surface area (Å²) in [5.74, 6) is 0.169. The lowest BCUT2D eigenvalue weighted by Gasteiger charge is -2.14. The predicted molar refractivity (Wildman–Crippen MR) is 71.0 cm³/mol. The molecule has 2 heteroatoms. The summed E-state index contributed by atoms with van der Waals surface area (Å²) in [7, 11) is 1.84. The van der Waals surface area contributed by atoms with Gasteiger partial charge >= 0.3 is 0 Å². The molecule has 0 aromatic heterocycles. The van der Waals surface area contributed by atoms with Crippen LogP contribution in [0.15, 0.2) is 42.5 Å².